The molecular formula is C10H10Cl2N2. The lowest BCUT2D eigenvalue weighted by atomic mass is 10.2. The molecule has 74 valence electrons. The first-order chi connectivity index (χ1) is 6.72. The fourth-order valence-electron chi connectivity index (χ4n) is 1.48. The molecule has 1 aromatic heterocycles. The molecule has 0 aliphatic rings. The minimum absolute atomic E-state index is 0.581. The molecule has 2 nitrogen and oxygen atoms in total. The van der Waals surface area contributed by atoms with Crippen LogP contribution < -0.4 is 5.32 Å². The van der Waals surface area contributed by atoms with E-state index in [0.29, 0.717) is 10.0 Å². The van der Waals surface area contributed by atoms with Crippen LogP contribution in [0.25, 0.3) is 10.9 Å². The Bertz CT molecular complexity index is 462. The summed E-state index contributed by atoms with van der Waals surface area (Å²) >= 11 is 12.0. The topological polar surface area (TPSA) is 27.8 Å². The van der Waals surface area contributed by atoms with Crippen molar-refractivity contribution in [3.63, 3.8) is 0 Å². The van der Waals surface area contributed by atoms with Crippen LogP contribution in [0.5, 0.6) is 0 Å². The van der Waals surface area contributed by atoms with Crippen LogP contribution in [0, 0.1) is 0 Å². The summed E-state index contributed by atoms with van der Waals surface area (Å²) in [5.74, 6) is 0. The van der Waals surface area contributed by atoms with E-state index < -0.39 is 0 Å². The van der Waals surface area contributed by atoms with E-state index in [2.05, 4.69) is 16.4 Å². The van der Waals surface area contributed by atoms with E-state index in [4.69, 9.17) is 23.2 Å². The number of benzene rings is 1. The molecule has 1 aromatic carbocycles. The number of fused-ring (bicyclic) bond motifs is 1. The minimum Gasteiger partial charge on any atom is -0.356 e. The number of aromatic nitrogens is 1. The van der Waals surface area contributed by atoms with Gasteiger partial charge in [-0.1, -0.05) is 29.3 Å². The fourth-order valence-corrected chi connectivity index (χ4v) is 1.86. The minimum atomic E-state index is 0.581. The Morgan fingerprint density at radius 1 is 1.36 bits per heavy atom. The van der Waals surface area contributed by atoms with E-state index >= 15 is 0 Å². The lowest BCUT2D eigenvalue weighted by molar-refractivity contribution is 0.800. The summed E-state index contributed by atoms with van der Waals surface area (Å²) in [6, 6.07) is 5.83. The van der Waals surface area contributed by atoms with Gasteiger partial charge in [-0.25, -0.2) is 0 Å². The number of nitrogens with one attached hydrogen (secondary N) is 2. The fraction of sp³-hybridized carbons (Fsp3) is 0.200. The van der Waals surface area contributed by atoms with Gasteiger partial charge in [-0.3, -0.25) is 0 Å². The van der Waals surface area contributed by atoms with Crippen molar-refractivity contribution in [2.24, 2.45) is 0 Å². The molecule has 0 aliphatic carbocycles. The Morgan fingerprint density at radius 3 is 2.86 bits per heavy atom. The Morgan fingerprint density at radius 2 is 2.14 bits per heavy atom. The standard InChI is InChI=1S/C10H10Cl2N2/c1-13-5-7-4-6-2-3-8(11)9(12)10(6)14-7/h2-4,13-14H,5H2,1H3. The van der Waals surface area contributed by atoms with Crippen LogP contribution in [0.15, 0.2) is 18.2 Å². The molecule has 0 saturated carbocycles. The molecule has 1 heterocycles. The molecule has 0 bridgehead atoms. The summed E-state index contributed by atoms with van der Waals surface area (Å²) in [6.45, 7) is 0.794. The number of rotatable bonds is 2. The van der Waals surface area contributed by atoms with E-state index in [9.17, 15) is 0 Å². The van der Waals surface area contributed by atoms with Gasteiger partial charge < -0.3 is 10.3 Å². The van der Waals surface area contributed by atoms with Crippen molar-refractivity contribution < 1.29 is 0 Å². The van der Waals surface area contributed by atoms with Gasteiger partial charge in [0.15, 0.2) is 0 Å². The molecule has 0 aliphatic heterocycles. The van der Waals surface area contributed by atoms with Crippen LogP contribution in [0.1, 0.15) is 5.69 Å². The number of aromatic amines is 1. The monoisotopic (exact) mass is 228 g/mol. The van der Waals surface area contributed by atoms with Crippen molar-refractivity contribution in [2.45, 2.75) is 6.54 Å². The van der Waals surface area contributed by atoms with Crippen molar-refractivity contribution in [3.8, 4) is 0 Å². The highest BCUT2D eigenvalue weighted by atomic mass is 35.5. The third-order valence-corrected chi connectivity index (χ3v) is 2.91. The summed E-state index contributed by atoms with van der Waals surface area (Å²) < 4.78 is 0. The Hall–Kier alpha value is -0.700. The molecular weight excluding hydrogens is 219 g/mol. The smallest absolute Gasteiger partial charge is 0.0833 e. The van der Waals surface area contributed by atoms with Crippen LogP contribution in [0.2, 0.25) is 10.0 Å². The molecule has 2 N–H and O–H groups in total. The van der Waals surface area contributed by atoms with Gasteiger partial charge in [-0.2, -0.15) is 0 Å². The maximum Gasteiger partial charge on any atom is 0.0833 e. The molecule has 0 amide bonds. The first kappa shape index (κ1) is 9.84. The van der Waals surface area contributed by atoms with E-state index in [-0.39, 0.29) is 0 Å². The zero-order chi connectivity index (χ0) is 10.1. The third kappa shape index (κ3) is 1.61. The quantitative estimate of drug-likeness (QED) is 0.813. The van der Waals surface area contributed by atoms with Gasteiger partial charge >= 0.3 is 0 Å². The Labute approximate surface area is 92.2 Å². The molecule has 0 spiro atoms. The number of hydrogen-bond acceptors (Lipinski definition) is 1. The molecule has 0 atom stereocenters. The zero-order valence-corrected chi connectivity index (χ0v) is 9.21. The highest BCUT2D eigenvalue weighted by molar-refractivity contribution is 6.45. The van der Waals surface area contributed by atoms with Crippen LogP contribution in [0.4, 0.5) is 0 Å². The molecule has 2 aromatic rings. The summed E-state index contributed by atoms with van der Waals surface area (Å²) in [5.41, 5.74) is 2.01. The summed E-state index contributed by atoms with van der Waals surface area (Å²) in [4.78, 5) is 3.23. The van der Waals surface area contributed by atoms with Gasteiger partial charge in [0.25, 0.3) is 0 Å². The van der Waals surface area contributed by atoms with Crippen molar-refractivity contribution in [1.82, 2.24) is 10.3 Å². The second-order valence-corrected chi connectivity index (χ2v) is 3.94. The SMILES string of the molecule is CNCc1cc2ccc(Cl)c(Cl)c2[nH]1. The highest BCUT2D eigenvalue weighted by Gasteiger charge is 2.06. The number of halogens is 2. The summed E-state index contributed by atoms with van der Waals surface area (Å²) in [5, 5.41) is 5.33. The van der Waals surface area contributed by atoms with Crippen molar-refractivity contribution >= 4 is 34.1 Å². The average Bonchev–Trinajstić information content (AvgIpc) is 2.56. The molecule has 0 unspecified atom stereocenters. The molecule has 14 heavy (non-hydrogen) atoms. The van der Waals surface area contributed by atoms with E-state index in [1.165, 1.54) is 0 Å². The van der Waals surface area contributed by atoms with Gasteiger partial charge in [0, 0.05) is 17.6 Å². The van der Waals surface area contributed by atoms with Crippen molar-refractivity contribution in [2.75, 3.05) is 7.05 Å². The first-order valence-electron chi connectivity index (χ1n) is 4.32. The number of hydrogen-bond donors (Lipinski definition) is 2. The molecule has 4 heteroatoms. The van der Waals surface area contributed by atoms with E-state index in [0.717, 1.165) is 23.1 Å². The van der Waals surface area contributed by atoms with Crippen LogP contribution in [-0.2, 0) is 6.54 Å². The molecule has 0 saturated heterocycles. The molecule has 0 fully saturated rings. The van der Waals surface area contributed by atoms with Gasteiger partial charge in [-0.15, -0.1) is 0 Å². The Kier molecular flexibility index (Phi) is 2.68. The van der Waals surface area contributed by atoms with Crippen molar-refractivity contribution in [3.05, 3.63) is 33.9 Å². The van der Waals surface area contributed by atoms with E-state index in [1.54, 1.807) is 0 Å². The third-order valence-electron chi connectivity index (χ3n) is 2.11. The van der Waals surface area contributed by atoms with Crippen LogP contribution in [0.3, 0.4) is 0 Å². The van der Waals surface area contributed by atoms with Crippen molar-refractivity contribution in [1.29, 1.82) is 0 Å². The lowest BCUT2D eigenvalue weighted by Gasteiger charge is -1.96. The second kappa shape index (κ2) is 3.81. The average molecular weight is 229 g/mol. The molecule has 0 radical (unpaired) electrons. The zero-order valence-electron chi connectivity index (χ0n) is 7.70. The lowest BCUT2D eigenvalue weighted by Crippen LogP contribution is -2.04. The van der Waals surface area contributed by atoms with Gasteiger partial charge in [0.2, 0.25) is 0 Å². The van der Waals surface area contributed by atoms with E-state index in [1.807, 2.05) is 19.2 Å². The van der Waals surface area contributed by atoms with Crippen LogP contribution in [-0.4, -0.2) is 12.0 Å². The van der Waals surface area contributed by atoms with Gasteiger partial charge in [0.1, 0.15) is 0 Å². The first-order valence-corrected chi connectivity index (χ1v) is 5.08. The number of H-pyrrole nitrogens is 1. The highest BCUT2D eigenvalue weighted by Crippen LogP contribution is 2.30. The van der Waals surface area contributed by atoms with Gasteiger partial charge in [0.05, 0.1) is 15.6 Å². The predicted octanol–water partition coefficient (Wildman–Crippen LogP) is 3.19. The predicted molar refractivity (Wildman–Crippen MR) is 61.1 cm³/mol. The van der Waals surface area contributed by atoms with Gasteiger partial charge in [-0.05, 0) is 19.2 Å². The second-order valence-electron chi connectivity index (χ2n) is 3.15. The molecule has 2 rings (SSSR count). The maximum absolute atomic E-state index is 6.06. The maximum atomic E-state index is 6.06. The summed E-state index contributed by atoms with van der Waals surface area (Å²) in [6.07, 6.45) is 0. The Balaban J connectivity index is 2.59. The van der Waals surface area contributed by atoms with Crippen LogP contribution >= 0.6 is 23.2 Å². The normalized spacial score (nSPS) is 11.1. The summed E-state index contributed by atoms with van der Waals surface area (Å²) in [7, 11) is 1.90. The largest absolute Gasteiger partial charge is 0.356 e.